The number of esters is 1. The van der Waals surface area contributed by atoms with E-state index in [0.29, 0.717) is 17.8 Å². The highest BCUT2D eigenvalue weighted by atomic mass is 16.6. The van der Waals surface area contributed by atoms with Crippen LogP contribution in [0.1, 0.15) is 53.9 Å². The van der Waals surface area contributed by atoms with E-state index in [0.717, 1.165) is 19.3 Å². The second-order valence-electron chi connectivity index (χ2n) is 8.13. The van der Waals surface area contributed by atoms with Gasteiger partial charge in [-0.05, 0) is 57.8 Å². The monoisotopic (exact) mass is 296 g/mol. The van der Waals surface area contributed by atoms with Crippen molar-refractivity contribution in [2.24, 2.45) is 23.7 Å². The number of carbonyl (C=O) groups is 1. The summed E-state index contributed by atoms with van der Waals surface area (Å²) in [7, 11) is 0. The van der Waals surface area contributed by atoms with Crippen LogP contribution in [-0.4, -0.2) is 34.5 Å². The van der Waals surface area contributed by atoms with Gasteiger partial charge in [-0.1, -0.05) is 6.92 Å². The van der Waals surface area contributed by atoms with Gasteiger partial charge >= 0.3 is 5.97 Å². The van der Waals surface area contributed by atoms with Crippen LogP contribution in [0, 0.1) is 23.7 Å². The minimum Gasteiger partial charge on any atom is -0.459 e. The van der Waals surface area contributed by atoms with E-state index in [1.54, 1.807) is 0 Å². The lowest BCUT2D eigenvalue weighted by molar-refractivity contribution is -0.261. The summed E-state index contributed by atoms with van der Waals surface area (Å²) in [6.45, 7) is 10.0. The van der Waals surface area contributed by atoms with Crippen molar-refractivity contribution in [2.75, 3.05) is 0 Å². The molecule has 0 amide bonds. The van der Waals surface area contributed by atoms with Crippen molar-refractivity contribution in [2.45, 2.75) is 77.3 Å². The molecule has 4 aliphatic rings. The fourth-order valence-electron chi connectivity index (χ4n) is 5.38. The van der Waals surface area contributed by atoms with E-state index in [2.05, 4.69) is 20.8 Å². The van der Waals surface area contributed by atoms with Gasteiger partial charge in [-0.2, -0.15) is 0 Å². The Bertz CT molecular complexity index is 446. The Labute approximate surface area is 127 Å². The van der Waals surface area contributed by atoms with Crippen LogP contribution in [0.25, 0.3) is 0 Å². The molecule has 0 radical (unpaired) electrons. The average molecular weight is 296 g/mol. The van der Waals surface area contributed by atoms with Gasteiger partial charge in [0.2, 0.25) is 0 Å². The third kappa shape index (κ3) is 2.22. The molecular weight excluding hydrogens is 268 g/mol. The first-order chi connectivity index (χ1) is 9.65. The first-order valence-corrected chi connectivity index (χ1v) is 8.20. The molecule has 7 atom stereocenters. The highest BCUT2D eigenvalue weighted by molar-refractivity contribution is 5.66. The minimum atomic E-state index is -0.586. The SMILES string of the molecule is CC(=O)O[C@H]1C[C@H]2C[C@H]3[C@@H]([C@H](O)C[C@H]3C)[C@]1(C)OC2(C)C. The molecule has 4 fully saturated rings. The largest absolute Gasteiger partial charge is 0.459 e. The van der Waals surface area contributed by atoms with E-state index in [1.807, 2.05) is 6.92 Å². The molecule has 2 aliphatic carbocycles. The fraction of sp³-hybridized carbons (Fsp3) is 0.941. The fourth-order valence-corrected chi connectivity index (χ4v) is 5.38. The number of fused-ring (bicyclic) bond motifs is 2. The zero-order valence-electron chi connectivity index (χ0n) is 13.8. The van der Waals surface area contributed by atoms with Crippen LogP contribution < -0.4 is 0 Å². The molecule has 21 heavy (non-hydrogen) atoms. The Morgan fingerprint density at radius 3 is 2.52 bits per heavy atom. The summed E-state index contributed by atoms with van der Waals surface area (Å²) in [5.74, 6) is 1.13. The van der Waals surface area contributed by atoms with Gasteiger partial charge in [-0.15, -0.1) is 0 Å². The molecule has 2 saturated carbocycles. The van der Waals surface area contributed by atoms with Crippen LogP contribution in [0.3, 0.4) is 0 Å². The molecule has 0 aromatic heterocycles. The summed E-state index contributed by atoms with van der Waals surface area (Å²) >= 11 is 0. The first kappa shape index (κ1) is 15.3. The number of hydrogen-bond donors (Lipinski definition) is 1. The molecule has 0 aromatic rings. The number of aliphatic hydroxyl groups is 1. The Balaban J connectivity index is 2.03. The van der Waals surface area contributed by atoms with Gasteiger partial charge in [-0.25, -0.2) is 0 Å². The van der Waals surface area contributed by atoms with Gasteiger partial charge < -0.3 is 14.6 Å². The van der Waals surface area contributed by atoms with Gasteiger partial charge in [0, 0.05) is 12.8 Å². The van der Waals surface area contributed by atoms with Crippen molar-refractivity contribution in [3.8, 4) is 0 Å². The van der Waals surface area contributed by atoms with Crippen molar-refractivity contribution in [1.29, 1.82) is 0 Å². The smallest absolute Gasteiger partial charge is 0.303 e. The van der Waals surface area contributed by atoms with Crippen LogP contribution in [0.15, 0.2) is 0 Å². The maximum Gasteiger partial charge on any atom is 0.303 e. The summed E-state index contributed by atoms with van der Waals surface area (Å²) in [5.41, 5.74) is -0.813. The van der Waals surface area contributed by atoms with Gasteiger partial charge in [0.15, 0.2) is 0 Å². The summed E-state index contributed by atoms with van der Waals surface area (Å²) in [6.07, 6.45) is 2.12. The molecule has 2 aliphatic heterocycles. The molecule has 0 aromatic carbocycles. The van der Waals surface area contributed by atoms with Crippen LogP contribution in [0.4, 0.5) is 0 Å². The minimum absolute atomic E-state index is 0.0589. The normalized spacial score (nSPS) is 51.3. The van der Waals surface area contributed by atoms with E-state index < -0.39 is 5.60 Å². The molecule has 0 spiro atoms. The molecule has 1 N–H and O–H groups in total. The lowest BCUT2D eigenvalue weighted by Crippen LogP contribution is -2.60. The van der Waals surface area contributed by atoms with E-state index in [4.69, 9.17) is 9.47 Å². The number of aliphatic hydroxyl groups excluding tert-OH is 1. The predicted molar refractivity (Wildman–Crippen MR) is 78.6 cm³/mol. The molecular formula is C17H28O4. The van der Waals surface area contributed by atoms with Crippen molar-refractivity contribution in [1.82, 2.24) is 0 Å². The van der Waals surface area contributed by atoms with Crippen molar-refractivity contribution in [3.63, 3.8) is 0 Å². The Morgan fingerprint density at radius 2 is 1.90 bits per heavy atom. The predicted octanol–water partition coefficient (Wildman–Crippen LogP) is 2.53. The zero-order chi connectivity index (χ0) is 15.6. The maximum atomic E-state index is 11.5. The number of ether oxygens (including phenoxy) is 2. The van der Waals surface area contributed by atoms with Gasteiger partial charge in [0.1, 0.15) is 11.7 Å². The summed E-state index contributed by atoms with van der Waals surface area (Å²) in [6, 6.07) is 0. The van der Waals surface area contributed by atoms with Crippen molar-refractivity contribution < 1.29 is 19.4 Å². The second kappa shape index (κ2) is 4.69. The summed E-state index contributed by atoms with van der Waals surface area (Å²) in [5, 5.41) is 10.6. The molecule has 2 saturated heterocycles. The third-order valence-electron chi connectivity index (χ3n) is 6.35. The lowest BCUT2D eigenvalue weighted by atomic mass is 9.75. The van der Waals surface area contributed by atoms with Crippen LogP contribution in [0.5, 0.6) is 0 Å². The highest BCUT2D eigenvalue weighted by Crippen LogP contribution is 2.59. The summed E-state index contributed by atoms with van der Waals surface area (Å²) < 4.78 is 12.1. The third-order valence-corrected chi connectivity index (χ3v) is 6.35. The second-order valence-corrected chi connectivity index (χ2v) is 8.13. The molecule has 4 heteroatoms. The Morgan fingerprint density at radius 1 is 1.24 bits per heavy atom. The Kier molecular flexibility index (Phi) is 3.42. The Hall–Kier alpha value is -0.610. The van der Waals surface area contributed by atoms with Crippen LogP contribution >= 0.6 is 0 Å². The summed E-state index contributed by atoms with van der Waals surface area (Å²) in [4.78, 5) is 11.5. The van der Waals surface area contributed by atoms with E-state index in [-0.39, 0.29) is 29.7 Å². The van der Waals surface area contributed by atoms with Crippen LogP contribution in [0.2, 0.25) is 0 Å². The van der Waals surface area contributed by atoms with Gasteiger partial charge in [0.25, 0.3) is 0 Å². The van der Waals surface area contributed by atoms with E-state index in [9.17, 15) is 9.90 Å². The maximum absolute atomic E-state index is 11.5. The van der Waals surface area contributed by atoms with E-state index >= 15 is 0 Å². The molecule has 2 bridgehead atoms. The van der Waals surface area contributed by atoms with Gasteiger partial charge in [-0.3, -0.25) is 4.79 Å². The number of hydrogen-bond acceptors (Lipinski definition) is 4. The lowest BCUT2D eigenvalue weighted by Gasteiger charge is -2.51. The standard InChI is InChI=1S/C17H28O4/c1-9-6-13(19)15-12(9)7-11-8-14(20-10(2)18)17(15,5)21-16(11,3)4/h9,11-15,19H,6-8H2,1-5H3/t9-,11-,12-,13-,14+,15+,17-/m1/s1. The molecule has 4 nitrogen and oxygen atoms in total. The zero-order valence-corrected chi connectivity index (χ0v) is 13.8. The van der Waals surface area contributed by atoms with Crippen molar-refractivity contribution in [3.05, 3.63) is 0 Å². The van der Waals surface area contributed by atoms with Crippen molar-refractivity contribution >= 4 is 5.97 Å². The molecule has 120 valence electrons. The molecule has 2 heterocycles. The molecule has 0 unspecified atom stereocenters. The van der Waals surface area contributed by atoms with Crippen LogP contribution in [-0.2, 0) is 14.3 Å². The topological polar surface area (TPSA) is 55.8 Å². The number of carbonyl (C=O) groups excluding carboxylic acids is 1. The highest BCUT2D eigenvalue weighted by Gasteiger charge is 2.64. The molecule has 4 rings (SSSR count). The first-order valence-electron chi connectivity index (χ1n) is 8.20. The number of rotatable bonds is 1. The quantitative estimate of drug-likeness (QED) is 0.756. The average Bonchev–Trinajstić information content (AvgIpc) is 2.47. The van der Waals surface area contributed by atoms with Gasteiger partial charge in [0.05, 0.1) is 11.7 Å². The van der Waals surface area contributed by atoms with E-state index in [1.165, 1.54) is 6.92 Å².